The Bertz CT molecular complexity index is 576. The topological polar surface area (TPSA) is 53.9 Å². The predicted octanol–water partition coefficient (Wildman–Crippen LogP) is 1.12. The summed E-state index contributed by atoms with van der Waals surface area (Å²) in [5.41, 5.74) is 0. The number of carbonyl (C=O) groups excluding carboxylic acids is 2. The molecule has 1 aliphatic heterocycles. The number of amides is 1. The van der Waals surface area contributed by atoms with Gasteiger partial charge in [-0.3, -0.25) is 14.5 Å². The molecule has 1 saturated heterocycles. The van der Waals surface area contributed by atoms with Gasteiger partial charge in [0.15, 0.2) is 5.78 Å². The van der Waals surface area contributed by atoms with Gasteiger partial charge in [0.25, 0.3) is 0 Å². The van der Waals surface area contributed by atoms with Crippen molar-refractivity contribution in [3.05, 3.63) is 48.6 Å². The number of hydrogen-bond donors (Lipinski definition) is 2. The highest BCUT2D eigenvalue weighted by Gasteiger charge is 2.25. The lowest BCUT2D eigenvalue weighted by Gasteiger charge is -2.16. The monoisotopic (exact) mass is 360 g/mol. The first kappa shape index (κ1) is 22.1. The summed E-state index contributed by atoms with van der Waals surface area (Å²) < 4.78 is 0. The fraction of sp³-hybridized carbons (Fsp3) is 0.524. The Labute approximate surface area is 158 Å². The zero-order valence-electron chi connectivity index (χ0n) is 16.7. The van der Waals surface area contributed by atoms with Crippen molar-refractivity contribution in [2.75, 3.05) is 27.3 Å². The minimum Gasteiger partial charge on any atom is -0.343 e. The van der Waals surface area contributed by atoms with E-state index in [1.54, 1.807) is 12.2 Å². The summed E-state index contributed by atoms with van der Waals surface area (Å²) >= 11 is 0. The molecule has 3 atom stereocenters. The van der Waals surface area contributed by atoms with Crippen molar-refractivity contribution < 1.29 is 14.5 Å². The van der Waals surface area contributed by atoms with Crippen molar-refractivity contribution in [2.45, 2.75) is 39.3 Å². The lowest BCUT2D eigenvalue weighted by molar-refractivity contribution is -0.888. The quantitative estimate of drug-likeness (QED) is 0.479. The minimum absolute atomic E-state index is 0.00773. The molecule has 0 aromatic carbocycles. The van der Waals surface area contributed by atoms with Crippen LogP contribution in [0.25, 0.3) is 0 Å². The van der Waals surface area contributed by atoms with Gasteiger partial charge in [-0.2, -0.15) is 0 Å². The molecule has 1 amide bonds. The van der Waals surface area contributed by atoms with Crippen LogP contribution in [0, 0.1) is 5.92 Å². The van der Waals surface area contributed by atoms with E-state index in [1.165, 1.54) is 17.9 Å². The normalized spacial score (nSPS) is 23.2. The van der Waals surface area contributed by atoms with Gasteiger partial charge in [0.1, 0.15) is 12.7 Å². The molecule has 0 aliphatic carbocycles. The number of rotatable bonds is 9. The zero-order chi connectivity index (χ0) is 19.5. The standard InChI is InChI=1S/C21H33N3O2/c1-17(2)14-20(18(3)25)22-21(26)13-11-9-7-6-8-10-12-19-15-23(4)16-24(19)5/h6-13,17,19-20H,14-16H2,1-5H3,(H,22,26)/p+1. The van der Waals surface area contributed by atoms with Gasteiger partial charge >= 0.3 is 0 Å². The smallest absolute Gasteiger partial charge is 0.244 e. The molecular formula is C21H34N3O2+. The van der Waals surface area contributed by atoms with Crippen LogP contribution in [-0.2, 0) is 9.59 Å². The number of hydrogen-bond acceptors (Lipinski definition) is 3. The number of carbonyl (C=O) groups is 2. The number of allylic oxidation sites excluding steroid dienone is 6. The highest BCUT2D eigenvalue weighted by atomic mass is 16.2. The molecule has 144 valence electrons. The summed E-state index contributed by atoms with van der Waals surface area (Å²) in [6.07, 6.45) is 15.7. The maximum absolute atomic E-state index is 11.9. The molecule has 0 saturated carbocycles. The molecule has 0 bridgehead atoms. The third-order valence-corrected chi connectivity index (χ3v) is 4.32. The Balaban J connectivity index is 2.35. The summed E-state index contributed by atoms with van der Waals surface area (Å²) in [7, 11) is 4.34. The maximum Gasteiger partial charge on any atom is 0.244 e. The fourth-order valence-electron chi connectivity index (χ4n) is 2.94. The number of quaternary nitrogens is 1. The molecule has 5 heteroatoms. The average molecular weight is 361 g/mol. The van der Waals surface area contributed by atoms with Crippen LogP contribution in [0.2, 0.25) is 0 Å². The maximum atomic E-state index is 11.9. The lowest BCUT2D eigenvalue weighted by atomic mass is 10.0. The van der Waals surface area contributed by atoms with Crippen LogP contribution in [-0.4, -0.2) is 56.0 Å². The van der Waals surface area contributed by atoms with E-state index in [-0.39, 0.29) is 11.7 Å². The van der Waals surface area contributed by atoms with Crippen molar-refractivity contribution in [2.24, 2.45) is 5.92 Å². The van der Waals surface area contributed by atoms with Crippen LogP contribution in [0.4, 0.5) is 0 Å². The molecule has 2 N–H and O–H groups in total. The second-order valence-electron chi connectivity index (χ2n) is 7.46. The molecule has 0 radical (unpaired) electrons. The molecule has 0 aromatic heterocycles. The largest absolute Gasteiger partial charge is 0.343 e. The van der Waals surface area contributed by atoms with E-state index in [1.807, 2.05) is 32.1 Å². The third-order valence-electron chi connectivity index (χ3n) is 4.32. The number of nitrogens with zero attached hydrogens (tertiary/aromatic N) is 1. The molecule has 1 aliphatic rings. The van der Waals surface area contributed by atoms with Gasteiger partial charge < -0.3 is 10.2 Å². The first-order valence-corrected chi connectivity index (χ1v) is 9.29. The molecule has 1 rings (SSSR count). The summed E-state index contributed by atoms with van der Waals surface area (Å²) in [4.78, 5) is 27.2. The summed E-state index contributed by atoms with van der Waals surface area (Å²) in [6.45, 7) is 7.74. The SMILES string of the molecule is CC(=O)C(CC(C)C)NC(=O)C=CC=CC=CC=CC1CN(C)C[NH+]1C. The second-order valence-corrected chi connectivity index (χ2v) is 7.46. The van der Waals surface area contributed by atoms with E-state index in [0.717, 1.165) is 13.2 Å². The van der Waals surface area contributed by atoms with Gasteiger partial charge in [-0.25, -0.2) is 0 Å². The lowest BCUT2D eigenvalue weighted by Crippen LogP contribution is -3.11. The number of ketones is 1. The molecule has 0 aromatic rings. The summed E-state index contributed by atoms with van der Waals surface area (Å²) in [5.74, 6) is 0.111. The van der Waals surface area contributed by atoms with Gasteiger partial charge in [-0.1, -0.05) is 50.3 Å². The third kappa shape index (κ3) is 8.92. The number of likely N-dealkylation sites (N-methyl/N-ethyl adjacent to an activating group) is 2. The van der Waals surface area contributed by atoms with Gasteiger partial charge in [0.05, 0.1) is 19.6 Å². The Kier molecular flexibility index (Phi) is 9.84. The molecule has 26 heavy (non-hydrogen) atoms. The van der Waals surface area contributed by atoms with E-state index in [4.69, 9.17) is 0 Å². The van der Waals surface area contributed by atoms with Gasteiger partial charge in [0.2, 0.25) is 5.91 Å². The van der Waals surface area contributed by atoms with Crippen LogP contribution >= 0.6 is 0 Å². The van der Waals surface area contributed by atoms with Gasteiger partial charge in [0, 0.05) is 6.08 Å². The van der Waals surface area contributed by atoms with Crippen LogP contribution in [0.3, 0.4) is 0 Å². The average Bonchev–Trinajstić information content (AvgIpc) is 2.86. The Morgan fingerprint density at radius 2 is 1.77 bits per heavy atom. The Hall–Kier alpha value is -1.98. The predicted molar refractivity (Wildman–Crippen MR) is 107 cm³/mol. The van der Waals surface area contributed by atoms with Crippen molar-refractivity contribution in [3.8, 4) is 0 Å². The van der Waals surface area contributed by atoms with Crippen molar-refractivity contribution in [3.63, 3.8) is 0 Å². The number of Topliss-reactive ketones (excluding diaryl/α,β-unsaturated/α-hetero) is 1. The molecule has 5 nitrogen and oxygen atoms in total. The van der Waals surface area contributed by atoms with Crippen LogP contribution in [0.1, 0.15) is 27.2 Å². The van der Waals surface area contributed by atoms with E-state index < -0.39 is 6.04 Å². The molecular weight excluding hydrogens is 326 g/mol. The van der Waals surface area contributed by atoms with E-state index >= 15 is 0 Å². The summed E-state index contributed by atoms with van der Waals surface area (Å²) in [5, 5.41) is 2.75. The van der Waals surface area contributed by atoms with E-state index in [0.29, 0.717) is 18.4 Å². The Morgan fingerprint density at radius 3 is 2.31 bits per heavy atom. The fourth-order valence-corrected chi connectivity index (χ4v) is 2.94. The molecule has 0 spiro atoms. The highest BCUT2D eigenvalue weighted by molar-refractivity contribution is 5.92. The first-order valence-electron chi connectivity index (χ1n) is 9.29. The number of nitrogens with one attached hydrogen (secondary N) is 2. The van der Waals surface area contributed by atoms with Gasteiger partial charge in [-0.05, 0) is 32.4 Å². The first-order chi connectivity index (χ1) is 12.3. The molecule has 3 unspecified atom stereocenters. The molecule has 1 fully saturated rings. The second kappa shape index (κ2) is 11.6. The van der Waals surface area contributed by atoms with Gasteiger partial charge in [-0.15, -0.1) is 0 Å². The van der Waals surface area contributed by atoms with Crippen LogP contribution < -0.4 is 10.2 Å². The zero-order valence-corrected chi connectivity index (χ0v) is 16.7. The minimum atomic E-state index is -0.406. The summed E-state index contributed by atoms with van der Waals surface area (Å²) in [6, 6.07) is 0.133. The van der Waals surface area contributed by atoms with Crippen LogP contribution in [0.15, 0.2) is 48.6 Å². The Morgan fingerprint density at radius 1 is 1.15 bits per heavy atom. The van der Waals surface area contributed by atoms with E-state index in [9.17, 15) is 9.59 Å². The van der Waals surface area contributed by atoms with E-state index in [2.05, 4.69) is 36.5 Å². The molecule has 1 heterocycles. The van der Waals surface area contributed by atoms with Crippen molar-refractivity contribution in [1.29, 1.82) is 0 Å². The van der Waals surface area contributed by atoms with Crippen molar-refractivity contribution >= 4 is 11.7 Å². The van der Waals surface area contributed by atoms with Crippen molar-refractivity contribution in [1.82, 2.24) is 10.2 Å². The van der Waals surface area contributed by atoms with Crippen LogP contribution in [0.5, 0.6) is 0 Å². The highest BCUT2D eigenvalue weighted by Crippen LogP contribution is 2.05.